The molecule has 0 bridgehead atoms. The van der Waals surface area contributed by atoms with Crippen LogP contribution in [0.15, 0.2) is 24.3 Å². The lowest BCUT2D eigenvalue weighted by molar-refractivity contribution is -0.135. The van der Waals surface area contributed by atoms with Crippen LogP contribution in [0.25, 0.3) is 0 Å². The number of alkyl halides is 2. The van der Waals surface area contributed by atoms with Gasteiger partial charge < -0.3 is 19.5 Å². The molecule has 1 N–H and O–H groups in total. The molecule has 1 saturated heterocycles. The molecule has 0 spiro atoms. The van der Waals surface area contributed by atoms with E-state index < -0.39 is 12.7 Å². The second-order valence-corrected chi connectivity index (χ2v) is 6.03. The molecule has 0 aromatic heterocycles. The molecule has 7 heteroatoms. The van der Waals surface area contributed by atoms with Crippen LogP contribution in [0.3, 0.4) is 0 Å². The van der Waals surface area contributed by atoms with E-state index in [9.17, 15) is 13.6 Å². The number of ether oxygens (including phenoxy) is 3. The number of rotatable bonds is 9. The van der Waals surface area contributed by atoms with E-state index in [2.05, 4.69) is 10.1 Å². The zero-order valence-corrected chi connectivity index (χ0v) is 14.4. The van der Waals surface area contributed by atoms with Crippen LogP contribution >= 0.6 is 0 Å². The summed E-state index contributed by atoms with van der Waals surface area (Å²) >= 11 is 0. The van der Waals surface area contributed by atoms with Gasteiger partial charge >= 0.3 is 6.61 Å². The molecule has 1 aromatic rings. The number of hydrogen-bond acceptors (Lipinski definition) is 4. The topological polar surface area (TPSA) is 56.8 Å². The SMILES string of the molecule is CC(OCC1CCCCO1)C(=O)NCCc1ccc(OC(F)F)cc1. The van der Waals surface area contributed by atoms with E-state index in [1.807, 2.05) is 0 Å². The number of carbonyl (C=O) groups excluding carboxylic acids is 1. The van der Waals surface area contributed by atoms with Gasteiger partial charge in [0.25, 0.3) is 0 Å². The molecule has 2 rings (SSSR count). The third-order valence-corrected chi connectivity index (χ3v) is 4.04. The van der Waals surface area contributed by atoms with Gasteiger partial charge in [-0.2, -0.15) is 8.78 Å². The molecule has 1 aliphatic rings. The van der Waals surface area contributed by atoms with Crippen molar-refractivity contribution in [2.24, 2.45) is 0 Å². The fourth-order valence-electron chi connectivity index (χ4n) is 2.58. The maximum Gasteiger partial charge on any atom is 0.387 e. The van der Waals surface area contributed by atoms with Gasteiger partial charge in [-0.15, -0.1) is 0 Å². The molecule has 2 atom stereocenters. The van der Waals surface area contributed by atoms with E-state index in [0.717, 1.165) is 31.4 Å². The highest BCUT2D eigenvalue weighted by molar-refractivity contribution is 5.80. The summed E-state index contributed by atoms with van der Waals surface area (Å²) in [6, 6.07) is 6.37. The molecule has 1 aliphatic heterocycles. The predicted octanol–water partition coefficient (Wildman–Crippen LogP) is 2.92. The van der Waals surface area contributed by atoms with Crippen molar-refractivity contribution in [3.63, 3.8) is 0 Å². The zero-order chi connectivity index (χ0) is 18.1. The highest BCUT2D eigenvalue weighted by Gasteiger charge is 2.18. The molecule has 5 nitrogen and oxygen atoms in total. The van der Waals surface area contributed by atoms with Crippen molar-refractivity contribution >= 4 is 5.91 Å². The first-order chi connectivity index (χ1) is 12.0. The van der Waals surface area contributed by atoms with Gasteiger partial charge in [0, 0.05) is 13.2 Å². The van der Waals surface area contributed by atoms with Crippen LogP contribution in [0.1, 0.15) is 31.7 Å². The van der Waals surface area contributed by atoms with Crippen molar-refractivity contribution in [3.8, 4) is 5.75 Å². The molecule has 140 valence electrons. The van der Waals surface area contributed by atoms with Crippen LogP contribution < -0.4 is 10.1 Å². The lowest BCUT2D eigenvalue weighted by Gasteiger charge is -2.23. The van der Waals surface area contributed by atoms with Crippen LogP contribution in [-0.4, -0.2) is 44.5 Å². The van der Waals surface area contributed by atoms with Crippen molar-refractivity contribution in [2.45, 2.75) is 51.4 Å². The van der Waals surface area contributed by atoms with Crippen molar-refractivity contribution in [2.75, 3.05) is 19.8 Å². The maximum absolute atomic E-state index is 12.1. The van der Waals surface area contributed by atoms with Crippen molar-refractivity contribution < 1.29 is 27.8 Å². The summed E-state index contributed by atoms with van der Waals surface area (Å²) in [4.78, 5) is 12.0. The second kappa shape index (κ2) is 10.3. The molecular formula is C18H25F2NO4. The van der Waals surface area contributed by atoms with Gasteiger partial charge in [0.15, 0.2) is 0 Å². The summed E-state index contributed by atoms with van der Waals surface area (Å²) in [5.74, 6) is -0.0526. The average Bonchev–Trinajstić information content (AvgIpc) is 2.61. The predicted molar refractivity (Wildman–Crippen MR) is 88.8 cm³/mol. The number of nitrogens with one attached hydrogen (secondary N) is 1. The Morgan fingerprint density at radius 1 is 1.32 bits per heavy atom. The maximum atomic E-state index is 12.1. The van der Waals surface area contributed by atoms with Crippen LogP contribution in [0.4, 0.5) is 8.78 Å². The first-order valence-electron chi connectivity index (χ1n) is 8.59. The average molecular weight is 357 g/mol. The van der Waals surface area contributed by atoms with E-state index in [1.54, 1.807) is 19.1 Å². The van der Waals surface area contributed by atoms with Crippen LogP contribution in [0.2, 0.25) is 0 Å². The summed E-state index contributed by atoms with van der Waals surface area (Å²) in [7, 11) is 0. The van der Waals surface area contributed by atoms with Crippen LogP contribution in [0, 0.1) is 0 Å². The zero-order valence-electron chi connectivity index (χ0n) is 14.4. The molecule has 1 aromatic carbocycles. The molecular weight excluding hydrogens is 332 g/mol. The molecule has 2 unspecified atom stereocenters. The lowest BCUT2D eigenvalue weighted by atomic mass is 10.1. The first kappa shape index (κ1) is 19.6. The van der Waals surface area contributed by atoms with Gasteiger partial charge in [0.05, 0.1) is 12.7 Å². The Morgan fingerprint density at radius 2 is 2.08 bits per heavy atom. The standard InChI is InChI=1S/C18H25F2NO4/c1-13(24-12-16-4-2-3-11-23-16)17(22)21-10-9-14-5-7-15(8-6-14)25-18(19)20/h5-8,13,16,18H,2-4,9-12H2,1H3,(H,21,22). The Labute approximate surface area is 146 Å². The van der Waals surface area contributed by atoms with Gasteiger partial charge in [-0.1, -0.05) is 12.1 Å². The summed E-state index contributed by atoms with van der Waals surface area (Å²) in [5, 5.41) is 2.81. The van der Waals surface area contributed by atoms with Gasteiger partial charge in [-0.05, 0) is 50.3 Å². The van der Waals surface area contributed by atoms with E-state index in [-0.39, 0.29) is 17.8 Å². The Balaban J connectivity index is 1.63. The van der Waals surface area contributed by atoms with Crippen molar-refractivity contribution in [1.29, 1.82) is 0 Å². The minimum atomic E-state index is -2.83. The Bertz CT molecular complexity index is 518. The monoisotopic (exact) mass is 357 g/mol. The normalized spacial score (nSPS) is 18.8. The van der Waals surface area contributed by atoms with Crippen molar-refractivity contribution in [1.82, 2.24) is 5.32 Å². The molecule has 0 radical (unpaired) electrons. The summed E-state index contributed by atoms with van der Waals surface area (Å²) in [6.07, 6.45) is 3.33. The van der Waals surface area contributed by atoms with Crippen LogP contribution in [0.5, 0.6) is 5.75 Å². The highest BCUT2D eigenvalue weighted by Crippen LogP contribution is 2.15. The van der Waals surface area contributed by atoms with E-state index in [4.69, 9.17) is 9.47 Å². The Hall–Kier alpha value is -1.73. The van der Waals surface area contributed by atoms with Gasteiger partial charge in [0.2, 0.25) is 5.91 Å². The second-order valence-electron chi connectivity index (χ2n) is 6.03. The smallest absolute Gasteiger partial charge is 0.387 e. The fourth-order valence-corrected chi connectivity index (χ4v) is 2.58. The Morgan fingerprint density at radius 3 is 2.72 bits per heavy atom. The lowest BCUT2D eigenvalue weighted by Crippen LogP contribution is -2.37. The highest BCUT2D eigenvalue weighted by atomic mass is 19.3. The first-order valence-corrected chi connectivity index (χ1v) is 8.59. The quantitative estimate of drug-likeness (QED) is 0.738. The number of carbonyl (C=O) groups is 1. The van der Waals surface area contributed by atoms with Gasteiger partial charge in [-0.25, -0.2) is 0 Å². The summed E-state index contributed by atoms with van der Waals surface area (Å²) in [6.45, 7) is 0.525. The Kier molecular flexibility index (Phi) is 8.08. The van der Waals surface area contributed by atoms with Gasteiger partial charge in [-0.3, -0.25) is 4.79 Å². The number of benzene rings is 1. The summed E-state index contributed by atoms with van der Waals surface area (Å²) < 4.78 is 39.6. The largest absolute Gasteiger partial charge is 0.435 e. The number of amides is 1. The fraction of sp³-hybridized carbons (Fsp3) is 0.611. The van der Waals surface area contributed by atoms with E-state index >= 15 is 0 Å². The number of halogens is 2. The molecule has 1 fully saturated rings. The molecule has 0 aliphatic carbocycles. The summed E-state index contributed by atoms with van der Waals surface area (Å²) in [5.41, 5.74) is 0.922. The third kappa shape index (κ3) is 7.36. The molecule has 25 heavy (non-hydrogen) atoms. The minimum absolute atomic E-state index is 0.0815. The molecule has 0 saturated carbocycles. The third-order valence-electron chi connectivity index (χ3n) is 4.04. The number of hydrogen-bond donors (Lipinski definition) is 1. The van der Waals surface area contributed by atoms with Crippen molar-refractivity contribution in [3.05, 3.63) is 29.8 Å². The van der Waals surface area contributed by atoms with Gasteiger partial charge in [0.1, 0.15) is 11.9 Å². The van der Waals surface area contributed by atoms with E-state index in [1.165, 1.54) is 12.1 Å². The van der Waals surface area contributed by atoms with E-state index in [0.29, 0.717) is 19.6 Å². The van der Waals surface area contributed by atoms with Crippen LogP contribution in [-0.2, 0) is 20.7 Å². The molecule has 1 amide bonds. The minimum Gasteiger partial charge on any atom is -0.435 e. The molecule has 1 heterocycles.